The summed E-state index contributed by atoms with van der Waals surface area (Å²) >= 11 is 7.40. The van der Waals surface area contributed by atoms with Crippen molar-refractivity contribution in [3.05, 3.63) is 21.3 Å². The fourth-order valence-electron chi connectivity index (χ4n) is 1.68. The van der Waals surface area contributed by atoms with Crippen molar-refractivity contribution in [3.8, 4) is 0 Å². The Kier molecular flexibility index (Phi) is 8.66. The van der Waals surface area contributed by atoms with E-state index in [0.717, 1.165) is 15.6 Å². The topological polar surface area (TPSA) is 46.3 Å². The molecule has 0 spiro atoms. The Morgan fingerprint density at radius 3 is 2.53 bits per heavy atom. The summed E-state index contributed by atoms with van der Waals surface area (Å²) in [7, 11) is 0. The first kappa shape index (κ1) is 18.7. The van der Waals surface area contributed by atoms with Crippen LogP contribution in [0, 0.1) is 5.92 Å². The molecule has 0 saturated heterocycles. The van der Waals surface area contributed by atoms with Gasteiger partial charge in [-0.3, -0.25) is 4.79 Å². The molecule has 0 aliphatic heterocycles. The molecular formula is C13H22Cl2N2OS. The van der Waals surface area contributed by atoms with Gasteiger partial charge in [-0.25, -0.2) is 0 Å². The highest BCUT2D eigenvalue weighted by Gasteiger charge is 2.24. The third-order valence-corrected chi connectivity index (χ3v) is 4.43. The van der Waals surface area contributed by atoms with Crippen molar-refractivity contribution >= 4 is 41.3 Å². The van der Waals surface area contributed by atoms with Crippen molar-refractivity contribution in [2.24, 2.45) is 11.7 Å². The van der Waals surface area contributed by atoms with Gasteiger partial charge in [-0.05, 0) is 25.0 Å². The van der Waals surface area contributed by atoms with Crippen molar-refractivity contribution in [1.82, 2.24) is 4.90 Å². The molecule has 3 nitrogen and oxygen atoms in total. The molecule has 0 bridgehead atoms. The van der Waals surface area contributed by atoms with Crippen LogP contribution in [0.3, 0.4) is 0 Å². The third-order valence-electron chi connectivity index (χ3n) is 3.21. The van der Waals surface area contributed by atoms with E-state index in [1.807, 2.05) is 32.9 Å². The highest BCUT2D eigenvalue weighted by Crippen LogP contribution is 2.23. The van der Waals surface area contributed by atoms with Gasteiger partial charge in [0.15, 0.2) is 0 Å². The summed E-state index contributed by atoms with van der Waals surface area (Å²) in [6.45, 7) is 7.29. The molecule has 110 valence electrons. The van der Waals surface area contributed by atoms with Crippen LogP contribution in [-0.4, -0.2) is 23.4 Å². The van der Waals surface area contributed by atoms with E-state index in [-0.39, 0.29) is 24.2 Å². The zero-order valence-electron chi connectivity index (χ0n) is 11.6. The number of amides is 1. The predicted molar refractivity (Wildman–Crippen MR) is 85.1 cm³/mol. The molecule has 2 N–H and O–H groups in total. The molecule has 0 saturated carbocycles. The number of likely N-dealkylation sites (N-methyl/N-ethyl adjacent to an activating group) is 1. The molecular weight excluding hydrogens is 303 g/mol. The van der Waals surface area contributed by atoms with Crippen molar-refractivity contribution in [2.75, 3.05) is 6.54 Å². The Hall–Kier alpha value is -0.290. The average Bonchev–Trinajstić information content (AvgIpc) is 2.78. The average molecular weight is 325 g/mol. The number of halogens is 2. The van der Waals surface area contributed by atoms with Crippen molar-refractivity contribution < 1.29 is 4.79 Å². The van der Waals surface area contributed by atoms with Crippen LogP contribution in [0.4, 0.5) is 0 Å². The second-order valence-electron chi connectivity index (χ2n) is 4.47. The van der Waals surface area contributed by atoms with Gasteiger partial charge in [-0.1, -0.05) is 31.9 Å². The van der Waals surface area contributed by atoms with E-state index in [4.69, 9.17) is 17.3 Å². The number of carbonyl (C=O) groups is 1. The molecule has 0 aromatic carbocycles. The Morgan fingerprint density at radius 1 is 1.47 bits per heavy atom. The van der Waals surface area contributed by atoms with Gasteiger partial charge in [0.2, 0.25) is 5.91 Å². The Balaban J connectivity index is 0.00000324. The van der Waals surface area contributed by atoms with E-state index in [2.05, 4.69) is 0 Å². The first-order chi connectivity index (χ1) is 8.49. The van der Waals surface area contributed by atoms with Crippen LogP contribution >= 0.6 is 35.3 Å². The fourth-order valence-corrected chi connectivity index (χ4v) is 2.78. The summed E-state index contributed by atoms with van der Waals surface area (Å²) in [4.78, 5) is 15.1. The summed E-state index contributed by atoms with van der Waals surface area (Å²) in [5.74, 6) is 0.231. The highest BCUT2D eigenvalue weighted by molar-refractivity contribution is 7.16. The monoisotopic (exact) mass is 324 g/mol. The van der Waals surface area contributed by atoms with Crippen LogP contribution < -0.4 is 5.73 Å². The Morgan fingerprint density at radius 2 is 2.11 bits per heavy atom. The first-order valence-electron chi connectivity index (χ1n) is 6.28. The normalized spacial score (nSPS) is 13.5. The van der Waals surface area contributed by atoms with Gasteiger partial charge in [0.05, 0.1) is 16.9 Å². The molecule has 0 fully saturated rings. The first-order valence-corrected chi connectivity index (χ1v) is 7.47. The molecule has 2 atom stereocenters. The molecule has 1 aromatic rings. The van der Waals surface area contributed by atoms with Gasteiger partial charge in [0, 0.05) is 11.4 Å². The van der Waals surface area contributed by atoms with E-state index < -0.39 is 6.04 Å². The van der Waals surface area contributed by atoms with E-state index in [1.165, 1.54) is 11.3 Å². The Labute approximate surface area is 130 Å². The van der Waals surface area contributed by atoms with Gasteiger partial charge < -0.3 is 10.6 Å². The van der Waals surface area contributed by atoms with Crippen molar-refractivity contribution in [1.29, 1.82) is 0 Å². The van der Waals surface area contributed by atoms with E-state index in [0.29, 0.717) is 13.1 Å². The molecule has 1 heterocycles. The number of thiophene rings is 1. The maximum atomic E-state index is 12.3. The van der Waals surface area contributed by atoms with E-state index in [1.54, 1.807) is 4.90 Å². The minimum Gasteiger partial charge on any atom is -0.336 e. The lowest BCUT2D eigenvalue weighted by atomic mass is 9.99. The molecule has 1 rings (SSSR count). The van der Waals surface area contributed by atoms with Crippen LogP contribution in [0.25, 0.3) is 0 Å². The lowest BCUT2D eigenvalue weighted by Gasteiger charge is -2.26. The van der Waals surface area contributed by atoms with Crippen LogP contribution in [0.2, 0.25) is 4.34 Å². The van der Waals surface area contributed by atoms with Gasteiger partial charge in [-0.2, -0.15) is 0 Å². The molecule has 1 amide bonds. The molecule has 6 heteroatoms. The molecule has 0 aliphatic carbocycles. The summed E-state index contributed by atoms with van der Waals surface area (Å²) in [5.41, 5.74) is 5.99. The summed E-state index contributed by atoms with van der Waals surface area (Å²) in [6, 6.07) is 3.40. The number of nitrogens with two attached hydrogens (primary N) is 1. The predicted octanol–water partition coefficient (Wildman–Crippen LogP) is 3.55. The quantitative estimate of drug-likeness (QED) is 0.869. The number of nitrogens with zero attached hydrogens (tertiary/aromatic N) is 1. The lowest BCUT2D eigenvalue weighted by molar-refractivity contribution is -0.134. The number of carbonyl (C=O) groups excluding carboxylic acids is 1. The summed E-state index contributed by atoms with van der Waals surface area (Å²) < 4.78 is 0.750. The Bertz CT molecular complexity index is 398. The van der Waals surface area contributed by atoms with Gasteiger partial charge in [0.1, 0.15) is 0 Å². The molecule has 19 heavy (non-hydrogen) atoms. The van der Waals surface area contributed by atoms with Crippen molar-refractivity contribution in [3.63, 3.8) is 0 Å². The maximum absolute atomic E-state index is 12.3. The van der Waals surface area contributed by atoms with Crippen LogP contribution in [0.1, 0.15) is 32.1 Å². The molecule has 0 aliphatic rings. The molecule has 0 radical (unpaired) electrons. The zero-order chi connectivity index (χ0) is 13.7. The standard InChI is InChI=1S/C13H21ClN2OS.ClH/c1-4-9(3)12(15)13(17)16(5-2)8-10-6-7-11(14)18-10;/h6-7,9,12H,4-5,8,15H2,1-3H3;1H. The lowest BCUT2D eigenvalue weighted by Crippen LogP contribution is -2.46. The minimum atomic E-state index is -0.412. The number of rotatable bonds is 6. The third kappa shape index (κ3) is 5.30. The zero-order valence-corrected chi connectivity index (χ0v) is 13.9. The van der Waals surface area contributed by atoms with Crippen molar-refractivity contribution in [2.45, 2.75) is 39.8 Å². The van der Waals surface area contributed by atoms with Crippen LogP contribution in [0.5, 0.6) is 0 Å². The number of hydrogen-bond acceptors (Lipinski definition) is 3. The fraction of sp³-hybridized carbons (Fsp3) is 0.615. The van der Waals surface area contributed by atoms with Gasteiger partial charge >= 0.3 is 0 Å². The van der Waals surface area contributed by atoms with E-state index in [9.17, 15) is 4.79 Å². The van der Waals surface area contributed by atoms with Crippen LogP contribution in [-0.2, 0) is 11.3 Å². The van der Waals surface area contributed by atoms with E-state index >= 15 is 0 Å². The SMILES string of the molecule is CCC(C)C(N)C(=O)N(CC)Cc1ccc(Cl)s1.Cl. The largest absolute Gasteiger partial charge is 0.336 e. The number of hydrogen-bond donors (Lipinski definition) is 1. The highest BCUT2D eigenvalue weighted by atomic mass is 35.5. The smallest absolute Gasteiger partial charge is 0.240 e. The van der Waals surface area contributed by atoms with Gasteiger partial charge in [0.25, 0.3) is 0 Å². The van der Waals surface area contributed by atoms with Crippen LogP contribution in [0.15, 0.2) is 12.1 Å². The summed E-state index contributed by atoms with van der Waals surface area (Å²) in [5, 5.41) is 0. The second kappa shape index (κ2) is 8.80. The maximum Gasteiger partial charge on any atom is 0.240 e. The second-order valence-corrected chi connectivity index (χ2v) is 6.27. The molecule has 1 aromatic heterocycles. The van der Waals surface area contributed by atoms with Gasteiger partial charge in [-0.15, -0.1) is 23.7 Å². The minimum absolute atomic E-state index is 0. The molecule has 2 unspecified atom stereocenters. The summed E-state index contributed by atoms with van der Waals surface area (Å²) in [6.07, 6.45) is 0.912.